The Morgan fingerprint density at radius 3 is 2.65 bits per heavy atom. The van der Waals surface area contributed by atoms with Crippen LogP contribution in [-0.4, -0.2) is 53.3 Å². The van der Waals surface area contributed by atoms with Crippen LogP contribution in [0.25, 0.3) is 16.7 Å². The van der Waals surface area contributed by atoms with Crippen LogP contribution in [0.1, 0.15) is 20.3 Å². The lowest BCUT2D eigenvalue weighted by Crippen LogP contribution is -2.47. The highest BCUT2D eigenvalue weighted by Crippen LogP contribution is 2.29. The molecule has 1 aliphatic rings. The second-order valence-electron chi connectivity index (χ2n) is 7.88. The van der Waals surface area contributed by atoms with Gasteiger partial charge in [-0.15, -0.1) is 0 Å². The first-order chi connectivity index (χ1) is 14.8. The Morgan fingerprint density at radius 2 is 1.97 bits per heavy atom. The molecule has 1 atom stereocenters. The summed E-state index contributed by atoms with van der Waals surface area (Å²) in [7, 11) is -3.08. The molecular weight excluding hydrogens is 434 g/mol. The summed E-state index contributed by atoms with van der Waals surface area (Å²) in [5, 5.41) is 3.60. The lowest BCUT2D eigenvalue weighted by molar-refractivity contribution is -0.120. The molecule has 0 radical (unpaired) electrons. The van der Waals surface area contributed by atoms with Gasteiger partial charge in [-0.3, -0.25) is 9.36 Å². The molecule has 1 N–H and O–H groups in total. The molecule has 2 heterocycles. The van der Waals surface area contributed by atoms with E-state index in [2.05, 4.69) is 5.32 Å². The van der Waals surface area contributed by atoms with Gasteiger partial charge in [-0.2, -0.15) is 0 Å². The van der Waals surface area contributed by atoms with Crippen LogP contribution in [0.4, 0.5) is 0 Å². The summed E-state index contributed by atoms with van der Waals surface area (Å²) in [6.45, 7) is 4.33. The van der Waals surface area contributed by atoms with Crippen molar-refractivity contribution in [2.75, 3.05) is 23.9 Å². The number of nitrogens with zero attached hydrogens (tertiary/aromatic N) is 2. The number of sulfone groups is 1. The Balaban J connectivity index is 1.55. The van der Waals surface area contributed by atoms with Gasteiger partial charge in [0, 0.05) is 5.69 Å². The van der Waals surface area contributed by atoms with Gasteiger partial charge in [-0.1, -0.05) is 23.9 Å². The van der Waals surface area contributed by atoms with Crippen molar-refractivity contribution in [1.29, 1.82) is 0 Å². The van der Waals surface area contributed by atoms with Gasteiger partial charge < -0.3 is 10.1 Å². The summed E-state index contributed by atoms with van der Waals surface area (Å²) in [5.41, 5.74) is 2.01. The van der Waals surface area contributed by atoms with Crippen LogP contribution in [0.2, 0.25) is 0 Å². The Kier molecular flexibility index (Phi) is 5.98. The van der Waals surface area contributed by atoms with Crippen molar-refractivity contribution < 1.29 is 17.9 Å². The zero-order valence-corrected chi connectivity index (χ0v) is 19.1. The summed E-state index contributed by atoms with van der Waals surface area (Å²) >= 11 is 1.33. The number of hydrogen-bond acceptors (Lipinski definition) is 6. The van der Waals surface area contributed by atoms with E-state index in [9.17, 15) is 13.2 Å². The van der Waals surface area contributed by atoms with Crippen LogP contribution >= 0.6 is 11.8 Å². The average molecular weight is 460 g/mol. The standard InChI is InChI=1S/C22H25N3O4S2/c1-3-29-17-10-8-16(9-11-17)25-19-7-5-4-6-18(19)23-21(25)30-14-20(26)24-22(2)12-13-31(27,28)15-22/h4-11H,3,12-15H2,1-2H3,(H,24,26). The number of fused-ring (bicyclic) bond motifs is 1. The van der Waals surface area contributed by atoms with Crippen molar-refractivity contribution in [2.24, 2.45) is 0 Å². The highest BCUT2D eigenvalue weighted by molar-refractivity contribution is 7.99. The van der Waals surface area contributed by atoms with E-state index >= 15 is 0 Å². The number of carbonyl (C=O) groups excluding carboxylic acids is 1. The van der Waals surface area contributed by atoms with Crippen LogP contribution in [0.3, 0.4) is 0 Å². The molecule has 0 spiro atoms. The summed E-state index contributed by atoms with van der Waals surface area (Å²) in [6.07, 6.45) is 0.441. The highest BCUT2D eigenvalue weighted by Gasteiger charge is 2.39. The van der Waals surface area contributed by atoms with E-state index in [4.69, 9.17) is 9.72 Å². The van der Waals surface area contributed by atoms with Crippen LogP contribution < -0.4 is 10.1 Å². The molecule has 7 nitrogen and oxygen atoms in total. The minimum Gasteiger partial charge on any atom is -0.494 e. The van der Waals surface area contributed by atoms with Gasteiger partial charge in [0.2, 0.25) is 5.91 Å². The third kappa shape index (κ3) is 4.88. The number of ether oxygens (including phenoxy) is 1. The molecule has 1 amide bonds. The number of carbonyl (C=O) groups is 1. The van der Waals surface area contributed by atoms with Crippen molar-refractivity contribution >= 4 is 38.5 Å². The SMILES string of the molecule is CCOc1ccc(-n2c(SCC(=O)NC3(C)CCS(=O)(=O)C3)nc3ccccc32)cc1. The molecule has 31 heavy (non-hydrogen) atoms. The first kappa shape index (κ1) is 21.7. The van der Waals surface area contributed by atoms with Gasteiger partial charge in [0.1, 0.15) is 5.75 Å². The molecule has 1 saturated heterocycles. The molecule has 0 aliphatic carbocycles. The number of thioether (sulfide) groups is 1. The Bertz CT molecular complexity index is 1210. The minimum atomic E-state index is -3.08. The van der Waals surface area contributed by atoms with Gasteiger partial charge in [-0.05, 0) is 56.7 Å². The van der Waals surface area contributed by atoms with Crippen LogP contribution in [0.15, 0.2) is 53.7 Å². The normalized spacial score (nSPS) is 20.1. The molecule has 1 aliphatic heterocycles. The van der Waals surface area contributed by atoms with Crippen molar-refractivity contribution in [3.05, 3.63) is 48.5 Å². The van der Waals surface area contributed by atoms with E-state index in [1.807, 2.05) is 60.0 Å². The molecule has 0 saturated carbocycles. The van der Waals surface area contributed by atoms with Gasteiger partial charge in [-0.25, -0.2) is 13.4 Å². The molecule has 1 aromatic heterocycles. The van der Waals surface area contributed by atoms with Gasteiger partial charge in [0.25, 0.3) is 0 Å². The Morgan fingerprint density at radius 1 is 1.23 bits per heavy atom. The quantitative estimate of drug-likeness (QED) is 0.546. The van der Waals surface area contributed by atoms with E-state index in [0.717, 1.165) is 22.5 Å². The molecular formula is C22H25N3O4S2. The number of hydrogen-bond donors (Lipinski definition) is 1. The number of amides is 1. The van der Waals surface area contributed by atoms with Crippen LogP contribution in [0, 0.1) is 0 Å². The zero-order chi connectivity index (χ0) is 22.1. The zero-order valence-electron chi connectivity index (χ0n) is 17.5. The molecule has 0 bridgehead atoms. The second-order valence-corrected chi connectivity index (χ2v) is 11.0. The Hall–Kier alpha value is -2.52. The third-order valence-corrected chi connectivity index (χ3v) is 8.05. The molecule has 1 fully saturated rings. The molecule has 4 rings (SSSR count). The number of benzene rings is 2. The summed E-state index contributed by atoms with van der Waals surface area (Å²) in [5.74, 6) is 0.848. The molecule has 1 unspecified atom stereocenters. The van der Waals surface area contributed by atoms with E-state index in [1.54, 1.807) is 6.92 Å². The second kappa shape index (κ2) is 8.55. The summed E-state index contributed by atoms with van der Waals surface area (Å²) < 4.78 is 31.1. The lowest BCUT2D eigenvalue weighted by atomic mass is 10.0. The first-order valence-electron chi connectivity index (χ1n) is 10.1. The lowest BCUT2D eigenvalue weighted by Gasteiger charge is -2.23. The van der Waals surface area contributed by atoms with Crippen molar-refractivity contribution in [2.45, 2.75) is 31.0 Å². The van der Waals surface area contributed by atoms with Crippen LogP contribution in [0.5, 0.6) is 5.75 Å². The predicted octanol–water partition coefficient (Wildman–Crippen LogP) is 3.21. The fraction of sp³-hybridized carbons (Fsp3) is 0.364. The monoisotopic (exact) mass is 459 g/mol. The molecule has 2 aromatic carbocycles. The molecule has 164 valence electrons. The first-order valence-corrected chi connectivity index (χ1v) is 12.9. The van der Waals surface area contributed by atoms with Crippen molar-refractivity contribution in [1.82, 2.24) is 14.9 Å². The summed E-state index contributed by atoms with van der Waals surface area (Å²) in [6, 6.07) is 15.6. The Labute approximate surface area is 186 Å². The van der Waals surface area contributed by atoms with E-state index in [0.29, 0.717) is 18.2 Å². The average Bonchev–Trinajstić information content (AvgIpc) is 3.23. The third-order valence-electron chi connectivity index (χ3n) is 5.21. The number of para-hydroxylation sites is 2. The predicted molar refractivity (Wildman–Crippen MR) is 123 cm³/mol. The van der Waals surface area contributed by atoms with E-state index < -0.39 is 15.4 Å². The van der Waals surface area contributed by atoms with Gasteiger partial charge in [0.15, 0.2) is 15.0 Å². The maximum absolute atomic E-state index is 12.6. The number of nitrogens with one attached hydrogen (secondary N) is 1. The van der Waals surface area contributed by atoms with Crippen LogP contribution in [-0.2, 0) is 14.6 Å². The van der Waals surface area contributed by atoms with E-state index in [1.165, 1.54) is 11.8 Å². The topological polar surface area (TPSA) is 90.3 Å². The highest BCUT2D eigenvalue weighted by atomic mass is 32.2. The van der Waals surface area contributed by atoms with Crippen molar-refractivity contribution in [3.63, 3.8) is 0 Å². The maximum atomic E-state index is 12.6. The smallest absolute Gasteiger partial charge is 0.230 e. The summed E-state index contributed by atoms with van der Waals surface area (Å²) in [4.78, 5) is 17.3. The fourth-order valence-electron chi connectivity index (χ4n) is 3.82. The maximum Gasteiger partial charge on any atom is 0.230 e. The molecule has 3 aromatic rings. The minimum absolute atomic E-state index is 0.0128. The van der Waals surface area contributed by atoms with Gasteiger partial charge >= 0.3 is 0 Å². The van der Waals surface area contributed by atoms with Crippen molar-refractivity contribution in [3.8, 4) is 11.4 Å². The van der Waals surface area contributed by atoms with E-state index in [-0.39, 0.29) is 23.2 Å². The molecule has 9 heteroatoms. The number of imidazole rings is 1. The number of rotatable bonds is 7. The number of aromatic nitrogens is 2. The fourth-order valence-corrected chi connectivity index (χ4v) is 6.74. The largest absolute Gasteiger partial charge is 0.494 e. The van der Waals surface area contributed by atoms with Gasteiger partial charge in [0.05, 0.1) is 40.4 Å².